The second kappa shape index (κ2) is 7.21. The third-order valence-corrected chi connectivity index (χ3v) is 3.79. The van der Waals surface area contributed by atoms with Crippen LogP contribution in [0, 0.1) is 13.7 Å². The highest BCUT2D eigenvalue weighted by Gasteiger charge is 2.11. The molecule has 0 saturated carbocycles. The van der Waals surface area contributed by atoms with Crippen LogP contribution >= 0.6 is 22.6 Å². The first-order chi connectivity index (χ1) is 10.5. The minimum Gasteiger partial charge on any atom is -0.397 e. The number of nitrogens with zero attached hydrogens (tertiary/aromatic N) is 1. The fourth-order valence-corrected chi connectivity index (χ4v) is 2.25. The second-order valence-electron chi connectivity index (χ2n) is 4.70. The van der Waals surface area contributed by atoms with Crippen LogP contribution in [0.2, 0.25) is 0 Å². The number of hydrogen-bond acceptors (Lipinski definition) is 4. The predicted octanol–water partition coefficient (Wildman–Crippen LogP) is 3.35. The van der Waals surface area contributed by atoms with E-state index in [1.807, 2.05) is 24.3 Å². The minimum absolute atomic E-state index is 0.109. The molecule has 2 aromatic rings. The number of hydrogen-bond donors (Lipinski definition) is 2. The molecule has 1 amide bonds. The number of rotatable bonds is 5. The molecule has 0 aliphatic heterocycles. The highest BCUT2D eigenvalue weighted by molar-refractivity contribution is 14.1. The molecule has 0 unspecified atom stereocenters. The summed E-state index contributed by atoms with van der Waals surface area (Å²) in [6.07, 6.45) is 0.875. The number of amides is 1. The summed E-state index contributed by atoms with van der Waals surface area (Å²) in [5.41, 5.74) is 7.24. The zero-order valence-electron chi connectivity index (χ0n) is 11.6. The summed E-state index contributed by atoms with van der Waals surface area (Å²) < 4.78 is 1.13. The van der Waals surface area contributed by atoms with E-state index in [9.17, 15) is 14.9 Å². The number of nitrogen functional groups attached to an aromatic ring is 1. The van der Waals surface area contributed by atoms with E-state index in [0.717, 1.165) is 9.13 Å². The number of nitrogens with one attached hydrogen (secondary N) is 1. The Morgan fingerprint density at radius 3 is 2.55 bits per heavy atom. The fourth-order valence-electron chi connectivity index (χ4n) is 1.89. The minimum atomic E-state index is -0.527. The zero-order chi connectivity index (χ0) is 16.1. The summed E-state index contributed by atoms with van der Waals surface area (Å²) in [6, 6.07) is 11.9. The maximum Gasteiger partial charge on any atom is 0.271 e. The molecule has 0 aromatic heterocycles. The van der Waals surface area contributed by atoms with Gasteiger partial charge in [0.2, 0.25) is 5.91 Å². The molecule has 0 atom stereocenters. The van der Waals surface area contributed by atoms with E-state index in [2.05, 4.69) is 27.9 Å². The monoisotopic (exact) mass is 411 g/mol. The summed E-state index contributed by atoms with van der Waals surface area (Å²) in [5, 5.41) is 13.4. The van der Waals surface area contributed by atoms with E-state index in [1.165, 1.54) is 18.2 Å². The molecule has 0 aliphatic carbocycles. The Labute approximate surface area is 141 Å². The average molecular weight is 411 g/mol. The largest absolute Gasteiger partial charge is 0.397 e. The van der Waals surface area contributed by atoms with Crippen molar-refractivity contribution in [2.45, 2.75) is 12.8 Å². The van der Waals surface area contributed by atoms with Gasteiger partial charge in [-0.1, -0.05) is 12.1 Å². The van der Waals surface area contributed by atoms with Crippen LogP contribution < -0.4 is 11.1 Å². The number of nitro benzene ring substituents is 1. The van der Waals surface area contributed by atoms with E-state index < -0.39 is 4.92 Å². The maximum absolute atomic E-state index is 11.9. The molecule has 6 nitrogen and oxygen atoms in total. The number of non-ortho nitro benzene ring substituents is 1. The molecule has 0 aliphatic rings. The van der Waals surface area contributed by atoms with Gasteiger partial charge in [-0.3, -0.25) is 14.9 Å². The Kier molecular flexibility index (Phi) is 5.31. The van der Waals surface area contributed by atoms with Crippen molar-refractivity contribution in [2.75, 3.05) is 11.1 Å². The number of benzene rings is 2. The maximum atomic E-state index is 11.9. The zero-order valence-corrected chi connectivity index (χ0v) is 13.7. The van der Waals surface area contributed by atoms with Crippen LogP contribution in [0.25, 0.3) is 0 Å². The number of anilines is 2. The molecule has 0 fully saturated rings. The standard InChI is InChI=1S/C15H14IN3O3/c16-11-4-1-10(2-5-11)3-8-15(20)18-14-9-12(19(21)22)6-7-13(14)17/h1-2,4-7,9H,3,8,17H2,(H,18,20). The van der Waals surface area contributed by atoms with Crippen LogP contribution in [0.5, 0.6) is 0 Å². The Hall–Kier alpha value is -2.16. The second-order valence-corrected chi connectivity index (χ2v) is 5.95. The molecule has 7 heteroatoms. The van der Waals surface area contributed by atoms with Crippen molar-refractivity contribution < 1.29 is 9.72 Å². The number of nitrogens with two attached hydrogens (primary N) is 1. The van der Waals surface area contributed by atoms with Crippen LogP contribution in [-0.4, -0.2) is 10.8 Å². The average Bonchev–Trinajstić information content (AvgIpc) is 2.48. The topological polar surface area (TPSA) is 98.3 Å². The third-order valence-electron chi connectivity index (χ3n) is 3.08. The van der Waals surface area contributed by atoms with Crippen molar-refractivity contribution >= 4 is 45.6 Å². The van der Waals surface area contributed by atoms with Crippen LogP contribution in [0.15, 0.2) is 42.5 Å². The van der Waals surface area contributed by atoms with Crippen LogP contribution in [0.3, 0.4) is 0 Å². The first-order valence-corrected chi connectivity index (χ1v) is 7.62. The Bertz CT molecular complexity index is 702. The van der Waals surface area contributed by atoms with E-state index in [1.54, 1.807) is 0 Å². The lowest BCUT2D eigenvalue weighted by atomic mass is 10.1. The van der Waals surface area contributed by atoms with Gasteiger partial charge < -0.3 is 11.1 Å². The summed E-state index contributed by atoms with van der Waals surface area (Å²) in [6.45, 7) is 0. The summed E-state index contributed by atoms with van der Waals surface area (Å²) >= 11 is 2.22. The normalized spacial score (nSPS) is 10.2. The number of carbonyl (C=O) groups is 1. The van der Waals surface area contributed by atoms with E-state index in [-0.39, 0.29) is 23.7 Å². The molecule has 0 heterocycles. The lowest BCUT2D eigenvalue weighted by Gasteiger charge is -2.08. The fraction of sp³-hybridized carbons (Fsp3) is 0.133. The van der Waals surface area contributed by atoms with Crippen LogP contribution in [0.4, 0.5) is 17.1 Å². The van der Waals surface area contributed by atoms with Crippen molar-refractivity contribution in [1.29, 1.82) is 0 Å². The van der Waals surface area contributed by atoms with Gasteiger partial charge in [-0.2, -0.15) is 0 Å². The molecule has 0 spiro atoms. The van der Waals surface area contributed by atoms with Gasteiger partial charge in [-0.15, -0.1) is 0 Å². The smallest absolute Gasteiger partial charge is 0.271 e. The molecule has 3 N–H and O–H groups in total. The summed E-state index contributed by atoms with van der Waals surface area (Å²) in [5.74, 6) is -0.231. The first-order valence-electron chi connectivity index (χ1n) is 6.54. The Morgan fingerprint density at radius 2 is 1.91 bits per heavy atom. The van der Waals surface area contributed by atoms with E-state index in [0.29, 0.717) is 12.1 Å². The van der Waals surface area contributed by atoms with Gasteiger partial charge in [0.1, 0.15) is 0 Å². The lowest BCUT2D eigenvalue weighted by Crippen LogP contribution is -2.13. The van der Waals surface area contributed by atoms with Crippen molar-refractivity contribution in [3.05, 3.63) is 61.7 Å². The Balaban J connectivity index is 1.98. The van der Waals surface area contributed by atoms with Gasteiger partial charge in [-0.25, -0.2) is 0 Å². The number of nitro groups is 1. The molecule has 22 heavy (non-hydrogen) atoms. The van der Waals surface area contributed by atoms with Gasteiger partial charge in [0.25, 0.3) is 5.69 Å². The lowest BCUT2D eigenvalue weighted by molar-refractivity contribution is -0.384. The van der Waals surface area contributed by atoms with Gasteiger partial charge in [-0.05, 0) is 52.8 Å². The van der Waals surface area contributed by atoms with Crippen molar-refractivity contribution in [3.8, 4) is 0 Å². The van der Waals surface area contributed by atoms with Gasteiger partial charge in [0.15, 0.2) is 0 Å². The quantitative estimate of drug-likeness (QED) is 0.341. The molecule has 2 rings (SSSR count). The van der Waals surface area contributed by atoms with Gasteiger partial charge in [0.05, 0.1) is 16.3 Å². The third kappa shape index (κ3) is 4.42. The number of aryl methyl sites for hydroxylation is 1. The SMILES string of the molecule is Nc1ccc([N+](=O)[O-])cc1NC(=O)CCc1ccc(I)cc1. The number of halogens is 1. The van der Waals surface area contributed by atoms with E-state index >= 15 is 0 Å². The van der Waals surface area contributed by atoms with Gasteiger partial charge in [0, 0.05) is 22.1 Å². The van der Waals surface area contributed by atoms with E-state index in [4.69, 9.17) is 5.73 Å². The molecular weight excluding hydrogens is 397 g/mol. The molecule has 0 radical (unpaired) electrons. The highest BCUT2D eigenvalue weighted by Crippen LogP contribution is 2.24. The molecule has 0 bridgehead atoms. The van der Waals surface area contributed by atoms with Gasteiger partial charge >= 0.3 is 0 Å². The predicted molar refractivity (Wildman–Crippen MR) is 93.6 cm³/mol. The Morgan fingerprint density at radius 1 is 1.23 bits per heavy atom. The van der Waals surface area contributed by atoms with Crippen LogP contribution in [0.1, 0.15) is 12.0 Å². The van der Waals surface area contributed by atoms with Crippen molar-refractivity contribution in [2.24, 2.45) is 0 Å². The summed E-state index contributed by atoms with van der Waals surface area (Å²) in [7, 11) is 0. The molecule has 2 aromatic carbocycles. The van der Waals surface area contributed by atoms with Crippen molar-refractivity contribution in [1.82, 2.24) is 0 Å². The highest BCUT2D eigenvalue weighted by atomic mass is 127. The molecular formula is C15H14IN3O3. The van der Waals surface area contributed by atoms with Crippen LogP contribution in [-0.2, 0) is 11.2 Å². The van der Waals surface area contributed by atoms with Crippen molar-refractivity contribution in [3.63, 3.8) is 0 Å². The molecule has 114 valence electrons. The first kappa shape index (κ1) is 16.2. The summed E-state index contributed by atoms with van der Waals surface area (Å²) in [4.78, 5) is 22.2. The number of carbonyl (C=O) groups excluding carboxylic acids is 1. The molecule has 0 saturated heterocycles.